The van der Waals surface area contributed by atoms with Crippen LogP contribution in [0.3, 0.4) is 0 Å². The zero-order valence-electron chi connectivity index (χ0n) is 32.9. The molecule has 318 valence electrons. The van der Waals surface area contributed by atoms with Crippen LogP contribution in [0.1, 0.15) is 85.5 Å². The Balaban J connectivity index is 1.06. The monoisotopic (exact) mass is 806 g/mol. The highest BCUT2D eigenvalue weighted by Crippen LogP contribution is 2.68. The van der Waals surface area contributed by atoms with Gasteiger partial charge in [0.15, 0.2) is 12.6 Å². The van der Waals surface area contributed by atoms with Crippen LogP contribution < -0.4 is 0 Å². The van der Waals surface area contributed by atoms with Gasteiger partial charge in [0.25, 0.3) is 0 Å². The lowest BCUT2D eigenvalue weighted by Gasteiger charge is -2.62. The maximum atomic E-state index is 11.8. The van der Waals surface area contributed by atoms with E-state index in [1.165, 1.54) is 7.11 Å². The molecule has 0 spiro atoms. The summed E-state index contributed by atoms with van der Waals surface area (Å²) in [4.78, 5) is 0. The van der Waals surface area contributed by atoms with Crippen molar-refractivity contribution in [1.29, 1.82) is 0 Å². The molecule has 6 fully saturated rings. The number of hydrogen-bond acceptors (Lipinski definition) is 14. The first-order valence-electron chi connectivity index (χ1n) is 20.2. The Morgan fingerprint density at radius 1 is 0.836 bits per heavy atom. The van der Waals surface area contributed by atoms with Crippen LogP contribution in [-0.4, -0.2) is 138 Å². The Labute approximate surface area is 325 Å². The molecule has 0 aromatic rings. The van der Waals surface area contributed by atoms with Gasteiger partial charge < -0.3 is 54.3 Å². The van der Waals surface area contributed by atoms with Crippen molar-refractivity contribution in [2.24, 2.45) is 52.3 Å². The smallest absolute Gasteiger partial charge is 0.393 e. The number of rotatable bonds is 13. The Morgan fingerprint density at radius 3 is 2.20 bits per heavy atom. The molecule has 0 bridgehead atoms. The highest BCUT2D eigenvalue weighted by molar-refractivity contribution is 7.80. The van der Waals surface area contributed by atoms with E-state index >= 15 is 0 Å². The molecule has 15 unspecified atom stereocenters. The van der Waals surface area contributed by atoms with Gasteiger partial charge in [0.1, 0.15) is 36.6 Å². The summed E-state index contributed by atoms with van der Waals surface area (Å²) in [6.45, 7) is 12.6. The van der Waals surface area contributed by atoms with Crippen molar-refractivity contribution in [2.75, 3.05) is 26.9 Å². The fourth-order valence-electron chi connectivity index (χ4n) is 12.1. The number of aliphatic hydroxyl groups excluding tert-OH is 6. The van der Waals surface area contributed by atoms with E-state index < -0.39 is 78.4 Å². The Hall–Kier alpha value is -0.830. The van der Waals surface area contributed by atoms with E-state index in [9.17, 15) is 43.6 Å². The quantitative estimate of drug-likeness (QED) is 0.104. The predicted octanol–water partition coefficient (Wildman–Crippen LogP) is 1.96. The van der Waals surface area contributed by atoms with Crippen molar-refractivity contribution in [3.63, 3.8) is 0 Å². The molecular weight excluding hydrogens is 740 g/mol. The molecular formula is C39H66O15S. The van der Waals surface area contributed by atoms with E-state index in [-0.39, 0.29) is 53.8 Å². The first-order chi connectivity index (χ1) is 25.8. The summed E-state index contributed by atoms with van der Waals surface area (Å²) in [7, 11) is -3.79. The summed E-state index contributed by atoms with van der Waals surface area (Å²) < 4.78 is 66.4. The molecule has 4 saturated carbocycles. The van der Waals surface area contributed by atoms with E-state index in [0.717, 1.165) is 44.1 Å². The van der Waals surface area contributed by atoms with Crippen LogP contribution >= 0.6 is 0 Å². The van der Waals surface area contributed by atoms with Gasteiger partial charge >= 0.3 is 10.4 Å². The molecule has 20 atom stereocenters. The standard InChI is InChI=1S/C39H66O15S/c1-19(21(3)16-50-36-35(33(30(44)18-51-36)54-55(46,47)48)53-37-34(49-6)32(45)29(43)17-52-37)7-8-20(2)25-15-28(42)31-23-14-27(41)26-13-22(40)9-11-38(26,4)24(23)10-12-39(25,31)5/h20-37,40-45H,1,7-18H2,2-6H3,(H,46,47,48)/t20?,21?,22?,23?,24?,25?,26?,27?,28?,29-,30-,31?,32?,33?,34?,35?,36?,37+,38-,39-/m1/s1. The van der Waals surface area contributed by atoms with E-state index in [4.69, 9.17) is 27.9 Å². The highest BCUT2D eigenvalue weighted by atomic mass is 32.3. The van der Waals surface area contributed by atoms with Gasteiger partial charge in [0, 0.05) is 13.0 Å². The van der Waals surface area contributed by atoms with Crippen LogP contribution in [0.4, 0.5) is 0 Å². The number of aliphatic hydroxyl groups is 6. The fraction of sp³-hybridized carbons (Fsp3) is 0.949. The minimum Gasteiger partial charge on any atom is -0.393 e. The van der Waals surface area contributed by atoms with Gasteiger partial charge in [0.05, 0.1) is 38.1 Å². The normalized spacial score (nSPS) is 48.7. The van der Waals surface area contributed by atoms with Crippen LogP contribution in [0.25, 0.3) is 0 Å². The zero-order chi connectivity index (χ0) is 40.2. The average molecular weight is 807 g/mol. The molecule has 0 aromatic heterocycles. The SMILES string of the molecule is C=C(CCC(C)C1CC(O)C2C3CC(O)C4CC(O)CC[C@]4(C)C3CC[C@]12C)C(C)COC1OC[C@@H](O)C(OS(=O)(=O)O)C1O[C@@H]1OC[C@@H](O)C(O)C1OC. The third-order valence-corrected chi connectivity index (χ3v) is 15.6. The van der Waals surface area contributed by atoms with Gasteiger partial charge in [-0.05, 0) is 104 Å². The van der Waals surface area contributed by atoms with Crippen molar-refractivity contribution in [2.45, 2.75) is 153 Å². The minimum absolute atomic E-state index is 0.0244. The molecule has 16 heteroatoms. The van der Waals surface area contributed by atoms with E-state index in [0.29, 0.717) is 37.0 Å². The Kier molecular flexibility index (Phi) is 13.5. The summed E-state index contributed by atoms with van der Waals surface area (Å²) in [6, 6.07) is 0. The van der Waals surface area contributed by atoms with Crippen LogP contribution in [0.15, 0.2) is 12.2 Å². The maximum absolute atomic E-state index is 11.8. The number of methoxy groups -OCH3 is 1. The van der Waals surface area contributed by atoms with Gasteiger partial charge in [-0.25, -0.2) is 4.18 Å². The molecule has 6 rings (SSSR count). The lowest BCUT2D eigenvalue weighted by molar-refractivity contribution is -0.343. The number of hydrogen-bond donors (Lipinski definition) is 7. The lowest BCUT2D eigenvalue weighted by atomic mass is 9.43. The van der Waals surface area contributed by atoms with Gasteiger partial charge in [-0.3, -0.25) is 4.55 Å². The van der Waals surface area contributed by atoms with Crippen LogP contribution in [-0.2, 0) is 38.3 Å². The molecule has 2 aliphatic heterocycles. The summed E-state index contributed by atoms with van der Waals surface area (Å²) >= 11 is 0. The van der Waals surface area contributed by atoms with Crippen molar-refractivity contribution in [1.82, 2.24) is 0 Å². The predicted molar refractivity (Wildman–Crippen MR) is 196 cm³/mol. The number of fused-ring (bicyclic) bond motifs is 5. The van der Waals surface area contributed by atoms with E-state index in [2.05, 4.69) is 27.4 Å². The first kappa shape index (κ1) is 43.7. The molecule has 2 saturated heterocycles. The second-order valence-corrected chi connectivity index (χ2v) is 19.4. The third kappa shape index (κ3) is 8.75. The molecule has 6 aliphatic rings. The molecule has 2 heterocycles. The van der Waals surface area contributed by atoms with Gasteiger partial charge in [-0.15, -0.1) is 0 Å². The summed E-state index contributed by atoms with van der Waals surface area (Å²) in [5, 5.41) is 64.6. The Bertz CT molecular complexity index is 1430. The minimum atomic E-state index is -5.05. The van der Waals surface area contributed by atoms with Gasteiger partial charge in [0.2, 0.25) is 0 Å². The molecule has 15 nitrogen and oxygen atoms in total. The van der Waals surface area contributed by atoms with Crippen LogP contribution in [0.5, 0.6) is 0 Å². The summed E-state index contributed by atoms with van der Waals surface area (Å²) in [5.41, 5.74) is 0.850. The lowest BCUT2D eigenvalue weighted by Crippen LogP contribution is -2.61. The molecule has 0 radical (unpaired) electrons. The first-order valence-corrected chi connectivity index (χ1v) is 21.6. The van der Waals surface area contributed by atoms with Crippen molar-refractivity contribution in [3.8, 4) is 0 Å². The van der Waals surface area contributed by atoms with Gasteiger partial charge in [-0.2, -0.15) is 8.42 Å². The number of ether oxygens (including phenoxy) is 5. The van der Waals surface area contributed by atoms with Crippen molar-refractivity contribution in [3.05, 3.63) is 12.2 Å². The highest BCUT2D eigenvalue weighted by Gasteiger charge is 2.64. The summed E-state index contributed by atoms with van der Waals surface area (Å²) in [6.07, 6.45) is -4.98. The van der Waals surface area contributed by atoms with Crippen molar-refractivity contribution >= 4 is 10.4 Å². The molecule has 7 N–H and O–H groups in total. The molecule has 0 aromatic carbocycles. The van der Waals surface area contributed by atoms with Crippen LogP contribution in [0, 0.1) is 52.3 Å². The zero-order valence-corrected chi connectivity index (χ0v) is 33.7. The van der Waals surface area contributed by atoms with E-state index in [1.54, 1.807) is 0 Å². The second kappa shape index (κ2) is 17.0. The Morgan fingerprint density at radius 2 is 1.51 bits per heavy atom. The average Bonchev–Trinajstić information content (AvgIpc) is 3.40. The second-order valence-electron chi connectivity index (χ2n) is 18.3. The molecule has 55 heavy (non-hydrogen) atoms. The van der Waals surface area contributed by atoms with E-state index in [1.807, 2.05) is 6.92 Å². The fourth-order valence-corrected chi connectivity index (χ4v) is 12.6. The third-order valence-electron chi connectivity index (χ3n) is 15.1. The van der Waals surface area contributed by atoms with Crippen LogP contribution in [0.2, 0.25) is 0 Å². The maximum Gasteiger partial charge on any atom is 0.397 e. The molecule has 0 amide bonds. The topological polar surface area (TPSA) is 231 Å². The molecule has 4 aliphatic carbocycles. The van der Waals surface area contributed by atoms with Crippen molar-refractivity contribution < 1.29 is 71.5 Å². The van der Waals surface area contributed by atoms with Gasteiger partial charge in [-0.1, -0.05) is 39.8 Å². The summed E-state index contributed by atoms with van der Waals surface area (Å²) in [5.74, 6) is 1.33. The largest absolute Gasteiger partial charge is 0.397 e.